The van der Waals surface area contributed by atoms with E-state index in [2.05, 4.69) is 10.1 Å². The van der Waals surface area contributed by atoms with Crippen molar-refractivity contribution in [3.8, 4) is 0 Å². The maximum atomic E-state index is 13.4. The van der Waals surface area contributed by atoms with Gasteiger partial charge in [0, 0.05) is 5.92 Å². The lowest BCUT2D eigenvalue weighted by Gasteiger charge is -2.29. The van der Waals surface area contributed by atoms with Crippen molar-refractivity contribution >= 4 is 5.97 Å². The Labute approximate surface area is 81.8 Å². The van der Waals surface area contributed by atoms with E-state index in [1.54, 1.807) is 0 Å². The molecule has 0 aromatic rings. The number of hydrogen-bond acceptors (Lipinski definition) is 3. The molecule has 0 radical (unpaired) electrons. The molecule has 1 rings (SSSR count). The Hall–Kier alpha value is -0.710. The van der Waals surface area contributed by atoms with Crippen LogP contribution in [0.2, 0.25) is 0 Å². The number of rotatable bonds is 3. The molecular formula is C9H15F2NO2. The summed E-state index contributed by atoms with van der Waals surface area (Å²) >= 11 is 0. The summed E-state index contributed by atoms with van der Waals surface area (Å²) in [7, 11) is 1.13. The number of nitrogens with one attached hydrogen (secondary N) is 1. The van der Waals surface area contributed by atoms with Crippen LogP contribution in [-0.4, -0.2) is 32.1 Å². The van der Waals surface area contributed by atoms with Crippen LogP contribution in [-0.2, 0) is 9.53 Å². The van der Waals surface area contributed by atoms with Crippen LogP contribution in [0.25, 0.3) is 0 Å². The van der Waals surface area contributed by atoms with E-state index in [1.165, 1.54) is 0 Å². The maximum absolute atomic E-state index is 13.4. The highest BCUT2D eigenvalue weighted by Gasteiger charge is 2.42. The Balaban J connectivity index is 2.49. The molecule has 5 heteroatoms. The summed E-state index contributed by atoms with van der Waals surface area (Å²) in [5.74, 6) is -4.45. The largest absolute Gasteiger partial charge is 0.469 e. The number of methoxy groups -OCH3 is 1. The zero-order valence-electron chi connectivity index (χ0n) is 8.19. The van der Waals surface area contributed by atoms with Crippen molar-refractivity contribution in [3.05, 3.63) is 0 Å². The minimum absolute atomic E-state index is 0.421. The van der Waals surface area contributed by atoms with Crippen LogP contribution in [0.15, 0.2) is 0 Å². The number of carbonyl (C=O) groups excluding carboxylic acids is 1. The van der Waals surface area contributed by atoms with Crippen LogP contribution < -0.4 is 5.32 Å². The molecule has 0 aliphatic carbocycles. The van der Waals surface area contributed by atoms with E-state index >= 15 is 0 Å². The molecule has 0 saturated carbocycles. The number of alkyl halides is 2. The van der Waals surface area contributed by atoms with Crippen molar-refractivity contribution in [2.75, 3.05) is 20.2 Å². The smallest absolute Gasteiger partial charge is 0.311 e. The predicted octanol–water partition coefficient (Wildman–Crippen LogP) is 1.18. The first-order valence-electron chi connectivity index (χ1n) is 4.71. The summed E-state index contributed by atoms with van der Waals surface area (Å²) in [5.41, 5.74) is 0. The zero-order valence-corrected chi connectivity index (χ0v) is 8.19. The van der Waals surface area contributed by atoms with Gasteiger partial charge in [0.15, 0.2) is 0 Å². The normalized spacial score (nSPS) is 19.4. The molecule has 0 aromatic carbocycles. The van der Waals surface area contributed by atoms with Crippen LogP contribution in [0.3, 0.4) is 0 Å². The molecule has 1 heterocycles. The molecule has 0 aromatic heterocycles. The summed E-state index contributed by atoms with van der Waals surface area (Å²) in [6.07, 6.45) is 0.0438. The summed E-state index contributed by atoms with van der Waals surface area (Å²) in [5, 5.41) is 3.00. The third-order valence-corrected chi connectivity index (χ3v) is 2.54. The highest BCUT2D eigenvalue weighted by Crippen LogP contribution is 2.34. The molecule has 0 amide bonds. The molecule has 14 heavy (non-hydrogen) atoms. The van der Waals surface area contributed by atoms with E-state index in [0.29, 0.717) is 25.9 Å². The monoisotopic (exact) mass is 207 g/mol. The number of piperidine rings is 1. The summed E-state index contributed by atoms with van der Waals surface area (Å²) < 4.78 is 31.1. The number of halogens is 2. The average molecular weight is 207 g/mol. The third kappa shape index (κ3) is 2.90. The Kier molecular flexibility index (Phi) is 3.80. The molecule has 1 N–H and O–H groups in total. The van der Waals surface area contributed by atoms with E-state index < -0.39 is 24.2 Å². The van der Waals surface area contributed by atoms with Gasteiger partial charge in [0.1, 0.15) is 6.42 Å². The second kappa shape index (κ2) is 4.68. The molecule has 1 aliphatic heterocycles. The quantitative estimate of drug-likeness (QED) is 0.706. The van der Waals surface area contributed by atoms with Crippen LogP contribution in [0.1, 0.15) is 19.3 Å². The lowest BCUT2D eigenvalue weighted by Crippen LogP contribution is -2.39. The van der Waals surface area contributed by atoms with Gasteiger partial charge >= 0.3 is 5.97 Å². The molecule has 0 bridgehead atoms. The Morgan fingerprint density at radius 3 is 2.57 bits per heavy atom. The molecule has 0 atom stereocenters. The number of carbonyl (C=O) groups is 1. The lowest BCUT2D eigenvalue weighted by molar-refractivity contribution is -0.154. The number of esters is 1. The number of hydrogen-bond donors (Lipinski definition) is 1. The summed E-state index contributed by atoms with van der Waals surface area (Å²) in [6, 6.07) is 0. The minimum Gasteiger partial charge on any atom is -0.469 e. The Morgan fingerprint density at radius 2 is 2.07 bits per heavy atom. The molecule has 1 aliphatic rings. The number of ether oxygens (including phenoxy) is 1. The van der Waals surface area contributed by atoms with Crippen molar-refractivity contribution in [3.63, 3.8) is 0 Å². The van der Waals surface area contributed by atoms with Crippen molar-refractivity contribution < 1.29 is 18.3 Å². The van der Waals surface area contributed by atoms with E-state index in [4.69, 9.17) is 0 Å². The van der Waals surface area contributed by atoms with Crippen molar-refractivity contribution in [1.82, 2.24) is 5.32 Å². The van der Waals surface area contributed by atoms with Crippen LogP contribution in [0.4, 0.5) is 8.78 Å². The highest BCUT2D eigenvalue weighted by atomic mass is 19.3. The summed E-state index contributed by atoms with van der Waals surface area (Å²) in [4.78, 5) is 10.8. The van der Waals surface area contributed by atoms with Crippen LogP contribution in [0.5, 0.6) is 0 Å². The first-order valence-corrected chi connectivity index (χ1v) is 4.71. The highest BCUT2D eigenvalue weighted by molar-refractivity contribution is 5.70. The van der Waals surface area contributed by atoms with Crippen LogP contribution in [0, 0.1) is 5.92 Å². The van der Waals surface area contributed by atoms with E-state index in [-0.39, 0.29) is 0 Å². The molecule has 1 saturated heterocycles. The van der Waals surface area contributed by atoms with Gasteiger partial charge in [-0.15, -0.1) is 0 Å². The van der Waals surface area contributed by atoms with Crippen molar-refractivity contribution in [2.45, 2.75) is 25.2 Å². The Morgan fingerprint density at radius 1 is 1.50 bits per heavy atom. The van der Waals surface area contributed by atoms with Gasteiger partial charge in [0.2, 0.25) is 0 Å². The molecular weight excluding hydrogens is 192 g/mol. The van der Waals surface area contributed by atoms with E-state index in [1.807, 2.05) is 0 Å². The van der Waals surface area contributed by atoms with E-state index in [9.17, 15) is 13.6 Å². The third-order valence-electron chi connectivity index (χ3n) is 2.54. The topological polar surface area (TPSA) is 38.3 Å². The molecule has 1 fully saturated rings. The second-order valence-electron chi connectivity index (χ2n) is 3.54. The van der Waals surface area contributed by atoms with Gasteiger partial charge < -0.3 is 10.1 Å². The first kappa shape index (κ1) is 11.4. The van der Waals surface area contributed by atoms with Gasteiger partial charge in [0.05, 0.1) is 7.11 Å². The lowest BCUT2D eigenvalue weighted by atomic mass is 9.89. The van der Waals surface area contributed by atoms with Gasteiger partial charge in [-0.05, 0) is 25.9 Å². The zero-order chi connectivity index (χ0) is 10.6. The first-order chi connectivity index (χ1) is 6.56. The fourth-order valence-electron chi connectivity index (χ4n) is 1.65. The maximum Gasteiger partial charge on any atom is 0.311 e. The van der Waals surface area contributed by atoms with Crippen molar-refractivity contribution in [2.24, 2.45) is 5.92 Å². The van der Waals surface area contributed by atoms with Crippen molar-refractivity contribution in [1.29, 1.82) is 0 Å². The second-order valence-corrected chi connectivity index (χ2v) is 3.54. The van der Waals surface area contributed by atoms with Gasteiger partial charge in [-0.3, -0.25) is 4.79 Å². The van der Waals surface area contributed by atoms with E-state index in [0.717, 1.165) is 7.11 Å². The fraction of sp³-hybridized carbons (Fsp3) is 0.889. The molecule has 0 unspecified atom stereocenters. The van der Waals surface area contributed by atoms with Gasteiger partial charge in [-0.2, -0.15) is 0 Å². The standard InChI is InChI=1S/C9H15F2NO2/c1-14-8(13)6-9(10,11)7-2-4-12-5-3-7/h7,12H,2-6H2,1H3. The molecule has 0 spiro atoms. The van der Waals surface area contributed by atoms with Gasteiger partial charge in [-0.25, -0.2) is 8.78 Å². The van der Waals surface area contributed by atoms with Gasteiger partial charge in [-0.1, -0.05) is 0 Å². The van der Waals surface area contributed by atoms with Crippen LogP contribution >= 0.6 is 0 Å². The molecule has 3 nitrogen and oxygen atoms in total. The predicted molar refractivity (Wildman–Crippen MR) is 47.2 cm³/mol. The molecule has 82 valence electrons. The van der Waals surface area contributed by atoms with Gasteiger partial charge in [0.25, 0.3) is 5.92 Å². The Bertz CT molecular complexity index is 203. The average Bonchev–Trinajstić information content (AvgIpc) is 2.18. The minimum atomic E-state index is -2.92. The summed E-state index contributed by atoms with van der Waals surface area (Å²) in [6.45, 7) is 1.20. The SMILES string of the molecule is COC(=O)CC(F)(F)C1CCNCC1. The fourth-order valence-corrected chi connectivity index (χ4v) is 1.65.